The topological polar surface area (TPSA) is 184 Å². The normalized spacial score (nSPS) is 13.3. The van der Waals surface area contributed by atoms with E-state index < -0.39 is 11.9 Å². The Morgan fingerprint density at radius 2 is 1.03 bits per heavy atom. The van der Waals surface area contributed by atoms with Gasteiger partial charge in [0.15, 0.2) is 0 Å². The van der Waals surface area contributed by atoms with Gasteiger partial charge in [-0.3, -0.25) is 24.5 Å². The Balaban J connectivity index is 1.23. The summed E-state index contributed by atoms with van der Waals surface area (Å²) in [5.74, 6) is 11.9. The van der Waals surface area contributed by atoms with Gasteiger partial charge in [0.05, 0.1) is 83.7 Å². The van der Waals surface area contributed by atoms with E-state index in [2.05, 4.69) is 38.5 Å². The molecule has 6 rings (SSSR count). The Kier molecular flexibility index (Phi) is 20.6. The number of carbonyl (C=O) groups excluding carboxylic acids is 3. The van der Waals surface area contributed by atoms with Gasteiger partial charge in [0.2, 0.25) is 0 Å². The third-order valence-electron chi connectivity index (χ3n) is 10.7. The molecular formula is C53H58N6O11. The van der Waals surface area contributed by atoms with Gasteiger partial charge in [-0.2, -0.15) is 0 Å². The molecule has 2 bridgehead atoms. The van der Waals surface area contributed by atoms with Crippen molar-refractivity contribution in [3.63, 3.8) is 0 Å². The number of hydrogen-bond acceptors (Lipinski definition) is 17. The summed E-state index contributed by atoms with van der Waals surface area (Å²) in [4.78, 5) is 59.2. The van der Waals surface area contributed by atoms with Crippen LogP contribution in [0.4, 0.5) is 0 Å². The van der Waals surface area contributed by atoms with E-state index >= 15 is 0 Å². The summed E-state index contributed by atoms with van der Waals surface area (Å²) in [5, 5.41) is 9.73. The molecule has 4 heterocycles. The third-order valence-corrected chi connectivity index (χ3v) is 10.7. The number of pyridine rings is 3. The second-order valence-electron chi connectivity index (χ2n) is 16.0. The smallest absolute Gasteiger partial charge is 0.356 e. The minimum Gasteiger partial charge on any atom is -0.508 e. The molecule has 0 unspecified atom stereocenters. The highest BCUT2D eigenvalue weighted by molar-refractivity contribution is 5.88. The van der Waals surface area contributed by atoms with Crippen molar-refractivity contribution in [3.05, 3.63) is 147 Å². The molecule has 17 nitrogen and oxygen atoms in total. The van der Waals surface area contributed by atoms with Gasteiger partial charge in [-0.05, 0) is 84.9 Å². The monoisotopic (exact) mass is 954 g/mol. The summed E-state index contributed by atoms with van der Waals surface area (Å²) in [5.41, 5.74) is 5.57. The molecular weight excluding hydrogens is 897 g/mol. The van der Waals surface area contributed by atoms with Crippen molar-refractivity contribution in [3.8, 4) is 35.2 Å². The van der Waals surface area contributed by atoms with Crippen LogP contribution in [-0.2, 0) is 59.4 Å². The first-order chi connectivity index (χ1) is 34.1. The Labute approximate surface area is 408 Å². The van der Waals surface area contributed by atoms with E-state index in [0.29, 0.717) is 126 Å². The standard InChI is InChI=1S/C53H58N6O11/c1-64-24-25-68-26-27-69-28-29-70-48-18-14-40(15-19-48)9-11-41-30-45(55-49(32-41)52(62)66-3)36-57-20-22-58(34-43-6-5-7-44(54-43)35-59(23-21-57)38-51(61)65-2)37-46-31-42(33-50(56-46)53(63)67-4)10-8-39-12-16-47(60)17-13-39/h5-7,12-19,30-33,60H,20-29,34-38H2,1-4H3. The number of phenols is 1. The Bertz CT molecular complexity index is 2640. The Morgan fingerprint density at radius 3 is 1.59 bits per heavy atom. The number of nitrogens with zero attached hydrogens (tertiary/aromatic N) is 6. The highest BCUT2D eigenvalue weighted by atomic mass is 16.6. The zero-order valence-corrected chi connectivity index (χ0v) is 40.0. The van der Waals surface area contributed by atoms with E-state index in [-0.39, 0.29) is 29.7 Å². The van der Waals surface area contributed by atoms with Crippen LogP contribution >= 0.6 is 0 Å². The lowest BCUT2D eigenvalue weighted by Gasteiger charge is -2.31. The maximum absolute atomic E-state index is 13.0. The molecule has 0 atom stereocenters. The molecule has 3 aromatic heterocycles. The number of aromatic hydroxyl groups is 1. The number of ether oxygens (including phenoxy) is 7. The number of benzene rings is 2. The van der Waals surface area contributed by atoms with Crippen molar-refractivity contribution < 1.29 is 52.6 Å². The average Bonchev–Trinajstić information content (AvgIpc) is 3.37. The van der Waals surface area contributed by atoms with Crippen LogP contribution in [0.1, 0.15) is 66.0 Å². The summed E-state index contributed by atoms with van der Waals surface area (Å²) in [6.45, 7) is 6.38. The summed E-state index contributed by atoms with van der Waals surface area (Å²) in [6, 6.07) is 26.7. The van der Waals surface area contributed by atoms with Gasteiger partial charge >= 0.3 is 17.9 Å². The van der Waals surface area contributed by atoms with Crippen molar-refractivity contribution >= 4 is 17.9 Å². The molecule has 1 aliphatic heterocycles. The summed E-state index contributed by atoms with van der Waals surface area (Å²) >= 11 is 0. The molecule has 1 aliphatic rings. The van der Waals surface area contributed by atoms with E-state index in [9.17, 15) is 19.5 Å². The van der Waals surface area contributed by atoms with Crippen molar-refractivity contribution in [2.75, 3.05) is 101 Å². The molecule has 70 heavy (non-hydrogen) atoms. The van der Waals surface area contributed by atoms with Crippen LogP contribution in [0.15, 0.2) is 91.0 Å². The lowest BCUT2D eigenvalue weighted by molar-refractivity contribution is -0.142. The third kappa shape index (κ3) is 17.4. The van der Waals surface area contributed by atoms with Gasteiger partial charge in [0.25, 0.3) is 0 Å². The van der Waals surface area contributed by atoms with Gasteiger partial charge in [-0.25, -0.2) is 19.6 Å². The van der Waals surface area contributed by atoms with E-state index in [0.717, 1.165) is 17.0 Å². The molecule has 0 spiro atoms. The summed E-state index contributed by atoms with van der Waals surface area (Å²) in [7, 11) is 5.61. The van der Waals surface area contributed by atoms with Gasteiger partial charge in [-0.15, -0.1) is 0 Å². The van der Waals surface area contributed by atoms with Crippen molar-refractivity contribution in [1.82, 2.24) is 29.7 Å². The number of phenolic OH excluding ortho intramolecular Hbond substituents is 1. The SMILES string of the molecule is COCCOCCOCCOc1ccc(C#Cc2cc(CN3CCN(CC(=O)OC)Cc4cccc(n4)CN(Cc4cc(C#Cc5ccc(O)cc5)cc(C(=O)OC)n4)CC3)nc(C(=O)OC)c2)cc1. The maximum Gasteiger partial charge on any atom is 0.356 e. The largest absolute Gasteiger partial charge is 0.508 e. The molecule has 5 aromatic rings. The van der Waals surface area contributed by atoms with Crippen molar-refractivity contribution in [1.29, 1.82) is 0 Å². The molecule has 17 heteroatoms. The molecule has 0 radical (unpaired) electrons. The molecule has 2 aromatic carbocycles. The number of methoxy groups -OCH3 is 4. The van der Waals surface area contributed by atoms with E-state index in [1.165, 1.54) is 21.3 Å². The van der Waals surface area contributed by atoms with Gasteiger partial charge in [-0.1, -0.05) is 29.7 Å². The van der Waals surface area contributed by atoms with Crippen LogP contribution in [0.25, 0.3) is 0 Å². The predicted molar refractivity (Wildman–Crippen MR) is 258 cm³/mol. The predicted octanol–water partition coefficient (Wildman–Crippen LogP) is 4.50. The summed E-state index contributed by atoms with van der Waals surface area (Å²) < 4.78 is 37.0. The fourth-order valence-corrected chi connectivity index (χ4v) is 7.18. The highest BCUT2D eigenvalue weighted by Gasteiger charge is 2.21. The molecule has 0 saturated heterocycles. The molecule has 0 saturated carbocycles. The van der Waals surface area contributed by atoms with Crippen LogP contribution in [0.5, 0.6) is 11.5 Å². The van der Waals surface area contributed by atoms with E-state index in [1.807, 2.05) is 59.5 Å². The lowest BCUT2D eigenvalue weighted by atomic mass is 10.1. The van der Waals surface area contributed by atoms with Gasteiger partial charge in [0, 0.05) is 81.7 Å². The van der Waals surface area contributed by atoms with Gasteiger partial charge < -0.3 is 38.3 Å². The molecule has 366 valence electrons. The van der Waals surface area contributed by atoms with Crippen molar-refractivity contribution in [2.45, 2.75) is 26.2 Å². The fraction of sp³-hybridized carbons (Fsp3) is 0.358. The fourth-order valence-electron chi connectivity index (χ4n) is 7.18. The molecule has 0 amide bonds. The first-order valence-electron chi connectivity index (χ1n) is 22.7. The van der Waals surface area contributed by atoms with Crippen LogP contribution in [0.2, 0.25) is 0 Å². The number of aromatic nitrogens is 3. The summed E-state index contributed by atoms with van der Waals surface area (Å²) in [6.07, 6.45) is 0. The molecule has 1 N–H and O–H groups in total. The zero-order valence-electron chi connectivity index (χ0n) is 40.0. The minimum atomic E-state index is -0.597. The number of esters is 3. The number of carbonyl (C=O) groups is 3. The Morgan fingerprint density at radius 1 is 0.543 bits per heavy atom. The van der Waals surface area contributed by atoms with Crippen LogP contribution in [0, 0.1) is 23.7 Å². The average molecular weight is 955 g/mol. The minimum absolute atomic E-state index is 0.0613. The van der Waals surface area contributed by atoms with Crippen LogP contribution < -0.4 is 4.74 Å². The quantitative estimate of drug-likeness (QED) is 0.0560. The Hall–Kier alpha value is -7.22. The van der Waals surface area contributed by atoms with E-state index in [4.69, 9.17) is 43.1 Å². The van der Waals surface area contributed by atoms with Crippen molar-refractivity contribution in [2.24, 2.45) is 0 Å². The first kappa shape index (κ1) is 52.2. The second-order valence-corrected chi connectivity index (χ2v) is 16.0. The number of rotatable bonds is 18. The number of hydrogen-bond donors (Lipinski definition) is 1. The first-order valence-corrected chi connectivity index (χ1v) is 22.7. The molecule has 0 fully saturated rings. The highest BCUT2D eigenvalue weighted by Crippen LogP contribution is 2.18. The molecule has 0 aliphatic carbocycles. The van der Waals surface area contributed by atoms with Crippen LogP contribution in [0.3, 0.4) is 0 Å². The maximum atomic E-state index is 13.0. The van der Waals surface area contributed by atoms with E-state index in [1.54, 1.807) is 43.5 Å². The zero-order chi connectivity index (χ0) is 49.5. The number of fused-ring (bicyclic) bond motifs is 2. The second kappa shape index (κ2) is 27.7. The van der Waals surface area contributed by atoms with Crippen LogP contribution in [-0.4, -0.2) is 153 Å². The lowest BCUT2D eigenvalue weighted by Crippen LogP contribution is -2.41. The van der Waals surface area contributed by atoms with Gasteiger partial charge in [0.1, 0.15) is 29.5 Å².